The van der Waals surface area contributed by atoms with Gasteiger partial charge in [-0.25, -0.2) is 9.59 Å². The van der Waals surface area contributed by atoms with E-state index in [0.29, 0.717) is 12.1 Å². The number of alkyl carbamates (subject to hydrolysis) is 1. The van der Waals surface area contributed by atoms with E-state index in [1.54, 1.807) is 57.2 Å². The molecule has 0 aliphatic carbocycles. The zero-order chi connectivity index (χ0) is 34.7. The van der Waals surface area contributed by atoms with Gasteiger partial charge in [-0.15, -0.1) is 0 Å². The van der Waals surface area contributed by atoms with E-state index in [2.05, 4.69) is 10.6 Å². The third-order valence-corrected chi connectivity index (χ3v) is 8.41. The predicted molar refractivity (Wildman–Crippen MR) is 178 cm³/mol. The molecule has 0 aromatic heterocycles. The lowest BCUT2D eigenvalue weighted by molar-refractivity contribution is 0.00578. The van der Waals surface area contributed by atoms with Gasteiger partial charge in [-0.05, 0) is 111 Å². The molecule has 13 heteroatoms. The topological polar surface area (TPSA) is 142 Å². The van der Waals surface area contributed by atoms with Crippen molar-refractivity contribution < 1.29 is 42.8 Å². The second kappa shape index (κ2) is 13.8. The first-order valence-electron chi connectivity index (χ1n) is 15.4. The number of amides is 2. The van der Waals surface area contributed by atoms with Crippen LogP contribution >= 0.6 is 0 Å². The van der Waals surface area contributed by atoms with Crippen LogP contribution in [0.3, 0.4) is 0 Å². The molecule has 11 nitrogen and oxygen atoms in total. The molecule has 2 aromatic carbocycles. The van der Waals surface area contributed by atoms with Gasteiger partial charge in [-0.2, -0.15) is 0 Å². The lowest BCUT2D eigenvalue weighted by Gasteiger charge is -2.32. The summed E-state index contributed by atoms with van der Waals surface area (Å²) in [4.78, 5) is 34.9. The summed E-state index contributed by atoms with van der Waals surface area (Å²) in [7, 11) is -1.04. The quantitative estimate of drug-likeness (QED) is 0.304. The summed E-state index contributed by atoms with van der Waals surface area (Å²) in [6.45, 7) is 21.8. The van der Waals surface area contributed by atoms with Crippen LogP contribution in [-0.4, -0.2) is 78.4 Å². The second-order valence-corrected chi connectivity index (χ2v) is 14.4. The number of carbonyl (C=O) groups excluding carboxylic acids is 2. The third kappa shape index (κ3) is 9.34. The molecule has 3 N–H and O–H groups in total. The molecular formula is C33H48B2N2O9. The number of carbonyl (C=O) groups is 3. The van der Waals surface area contributed by atoms with E-state index in [9.17, 15) is 14.4 Å². The van der Waals surface area contributed by atoms with Crippen molar-refractivity contribution in [1.82, 2.24) is 10.6 Å². The Morgan fingerprint density at radius 2 is 1.09 bits per heavy atom. The number of rotatable bonds is 7. The van der Waals surface area contributed by atoms with Crippen molar-refractivity contribution in [1.29, 1.82) is 0 Å². The summed E-state index contributed by atoms with van der Waals surface area (Å²) in [5.41, 5.74) is -0.0138. The van der Waals surface area contributed by atoms with Crippen molar-refractivity contribution in [2.75, 3.05) is 13.1 Å². The Balaban J connectivity index is 0.000000275. The highest BCUT2D eigenvalue weighted by Gasteiger charge is 2.52. The minimum Gasteiger partial charge on any atom is -0.478 e. The highest BCUT2D eigenvalue weighted by atomic mass is 16.7. The Hall–Kier alpha value is -3.38. The minimum atomic E-state index is -0.951. The van der Waals surface area contributed by atoms with E-state index in [1.807, 2.05) is 67.5 Å². The Morgan fingerprint density at radius 3 is 1.50 bits per heavy atom. The lowest BCUT2D eigenvalue weighted by Crippen LogP contribution is -2.41. The highest BCUT2D eigenvalue weighted by molar-refractivity contribution is 6.62. The lowest BCUT2D eigenvalue weighted by atomic mass is 9.78. The zero-order valence-electron chi connectivity index (χ0n) is 28.9. The van der Waals surface area contributed by atoms with Gasteiger partial charge >= 0.3 is 26.3 Å². The van der Waals surface area contributed by atoms with Crippen LogP contribution in [0.15, 0.2) is 48.5 Å². The maximum Gasteiger partial charge on any atom is 0.494 e. The van der Waals surface area contributed by atoms with E-state index in [0.717, 1.165) is 10.9 Å². The molecule has 2 aliphatic heterocycles. The molecule has 0 atom stereocenters. The average Bonchev–Trinajstić information content (AvgIpc) is 3.30. The summed E-state index contributed by atoms with van der Waals surface area (Å²) in [6.07, 6.45) is -0.510. The van der Waals surface area contributed by atoms with Crippen LogP contribution in [0.25, 0.3) is 0 Å². The smallest absolute Gasteiger partial charge is 0.478 e. The Kier molecular flexibility index (Phi) is 11.1. The summed E-state index contributed by atoms with van der Waals surface area (Å²) < 4.78 is 29.0. The maximum atomic E-state index is 12.4. The van der Waals surface area contributed by atoms with Crippen molar-refractivity contribution in [2.45, 2.75) is 104 Å². The predicted octanol–water partition coefficient (Wildman–Crippen LogP) is 3.92. The second-order valence-electron chi connectivity index (χ2n) is 14.4. The Labute approximate surface area is 273 Å². The first kappa shape index (κ1) is 37.1. The molecule has 0 radical (unpaired) electrons. The van der Waals surface area contributed by atoms with Gasteiger partial charge in [-0.1, -0.05) is 24.3 Å². The standard InChI is InChI=1S/C20H31BN2O5.C13H17BO4/c1-18(2,3)26-17(25)23-12-11-22-16(24)14-9-8-10-15(13-14)21-27-19(4,5)20(6,7)28-21;1-12(2)13(3,4)18-14(17-12)10-7-5-6-9(8-10)11(15)16/h8-10,13H,11-12H2,1-7H3,(H,22,24)(H,23,25);5-8H,1-4H3,(H,15,16). The van der Waals surface area contributed by atoms with Gasteiger partial charge in [0.2, 0.25) is 0 Å². The fourth-order valence-electron chi connectivity index (χ4n) is 4.36. The summed E-state index contributed by atoms with van der Waals surface area (Å²) >= 11 is 0. The molecule has 2 amide bonds. The molecule has 0 spiro atoms. The van der Waals surface area contributed by atoms with Gasteiger partial charge in [0.15, 0.2) is 0 Å². The van der Waals surface area contributed by atoms with Crippen molar-refractivity contribution in [3.05, 3.63) is 59.7 Å². The van der Waals surface area contributed by atoms with E-state index in [1.165, 1.54) is 0 Å². The van der Waals surface area contributed by atoms with Crippen LogP contribution in [0.2, 0.25) is 0 Å². The SMILES string of the molecule is CC(C)(C)OC(=O)NCCNC(=O)c1cccc(B2OC(C)(C)C(C)(C)O2)c1.CC1(C)OB(c2cccc(C(=O)O)c2)OC1(C)C. The third-order valence-electron chi connectivity index (χ3n) is 8.41. The molecule has 0 saturated carbocycles. The monoisotopic (exact) mass is 638 g/mol. The molecule has 46 heavy (non-hydrogen) atoms. The average molecular weight is 638 g/mol. The van der Waals surface area contributed by atoms with E-state index >= 15 is 0 Å². The maximum absolute atomic E-state index is 12.4. The molecule has 250 valence electrons. The molecular weight excluding hydrogens is 590 g/mol. The molecule has 2 aromatic rings. The van der Waals surface area contributed by atoms with Crippen LogP contribution in [0.5, 0.6) is 0 Å². The Bertz CT molecular complexity index is 1390. The minimum absolute atomic E-state index is 0.232. The van der Waals surface area contributed by atoms with Crippen molar-refractivity contribution in [3.8, 4) is 0 Å². The number of benzene rings is 2. The molecule has 2 fully saturated rings. The van der Waals surface area contributed by atoms with Crippen molar-refractivity contribution in [3.63, 3.8) is 0 Å². The number of nitrogens with one attached hydrogen (secondary N) is 2. The molecule has 2 saturated heterocycles. The number of ether oxygens (including phenoxy) is 1. The van der Waals surface area contributed by atoms with Crippen molar-refractivity contribution in [2.24, 2.45) is 0 Å². The fourth-order valence-corrected chi connectivity index (χ4v) is 4.36. The van der Waals surface area contributed by atoms with Crippen LogP contribution in [-0.2, 0) is 23.4 Å². The number of carboxylic acids is 1. The molecule has 0 bridgehead atoms. The van der Waals surface area contributed by atoms with Gasteiger partial charge in [0.25, 0.3) is 5.91 Å². The number of hydrogen-bond donors (Lipinski definition) is 3. The van der Waals surface area contributed by atoms with E-state index < -0.39 is 54.3 Å². The first-order chi connectivity index (χ1) is 21.0. The first-order valence-corrected chi connectivity index (χ1v) is 15.4. The molecule has 0 unspecified atom stereocenters. The number of carboxylic acid groups (broad SMARTS) is 1. The van der Waals surface area contributed by atoms with Crippen LogP contribution in [0, 0.1) is 0 Å². The van der Waals surface area contributed by atoms with Gasteiger partial charge in [0, 0.05) is 18.7 Å². The van der Waals surface area contributed by atoms with Crippen molar-refractivity contribution >= 4 is 43.1 Å². The summed E-state index contributed by atoms with van der Waals surface area (Å²) in [5.74, 6) is -1.18. The van der Waals surface area contributed by atoms with Gasteiger partial charge in [0.05, 0.1) is 28.0 Å². The van der Waals surface area contributed by atoms with Crippen LogP contribution in [0.4, 0.5) is 4.79 Å². The van der Waals surface area contributed by atoms with Gasteiger partial charge < -0.3 is 39.1 Å². The summed E-state index contributed by atoms with van der Waals surface area (Å²) in [6, 6.07) is 13.8. The zero-order valence-corrected chi connectivity index (χ0v) is 28.9. The van der Waals surface area contributed by atoms with Crippen LogP contribution in [0.1, 0.15) is 96.9 Å². The van der Waals surface area contributed by atoms with E-state index in [-0.39, 0.29) is 18.0 Å². The van der Waals surface area contributed by atoms with E-state index in [4.69, 9.17) is 28.5 Å². The van der Waals surface area contributed by atoms with Gasteiger partial charge in [0.1, 0.15) is 5.60 Å². The molecule has 4 rings (SSSR count). The fraction of sp³-hybridized carbons (Fsp3) is 0.545. The largest absolute Gasteiger partial charge is 0.494 e. The number of hydrogen-bond acceptors (Lipinski definition) is 8. The molecule has 2 aliphatic rings. The number of aromatic carboxylic acids is 1. The highest BCUT2D eigenvalue weighted by Crippen LogP contribution is 2.37. The van der Waals surface area contributed by atoms with Crippen LogP contribution < -0.4 is 21.6 Å². The Morgan fingerprint density at radius 1 is 0.696 bits per heavy atom. The summed E-state index contributed by atoms with van der Waals surface area (Å²) in [5, 5.41) is 14.4. The normalized spacial score (nSPS) is 19.1. The van der Waals surface area contributed by atoms with Gasteiger partial charge in [-0.3, -0.25) is 4.79 Å². The molecule has 2 heterocycles.